The van der Waals surface area contributed by atoms with E-state index in [2.05, 4.69) is 10.6 Å². The average Bonchev–Trinajstić information content (AvgIpc) is 2.63. The van der Waals surface area contributed by atoms with E-state index in [1.807, 2.05) is 0 Å². The van der Waals surface area contributed by atoms with Gasteiger partial charge in [0.1, 0.15) is 5.82 Å². The van der Waals surface area contributed by atoms with Crippen LogP contribution in [0, 0.1) is 5.82 Å². The van der Waals surface area contributed by atoms with Crippen LogP contribution in [-0.4, -0.2) is 18.3 Å². The Kier molecular flexibility index (Phi) is 2.77. The maximum absolute atomic E-state index is 13.5. The van der Waals surface area contributed by atoms with Crippen molar-refractivity contribution < 1.29 is 9.18 Å². The number of alkyl halides is 1. The largest absolute Gasteiger partial charge is 0.366 e. The predicted octanol–water partition coefficient (Wildman–Crippen LogP) is 2.43. The van der Waals surface area contributed by atoms with Gasteiger partial charge in [-0.1, -0.05) is 0 Å². The van der Waals surface area contributed by atoms with E-state index in [0.717, 1.165) is 5.69 Å². The molecule has 0 radical (unpaired) electrons. The number of nitrogens with one attached hydrogen (secondary N) is 2. The summed E-state index contributed by atoms with van der Waals surface area (Å²) in [5.41, 5.74) is 1.55. The molecule has 0 saturated heterocycles. The highest BCUT2D eigenvalue weighted by atomic mass is 35.5. The van der Waals surface area contributed by atoms with Gasteiger partial charge in [0.15, 0.2) is 5.78 Å². The number of Topliss-reactive ketones (excluding diaryl/α,β-unsaturated/α-hetero) is 1. The summed E-state index contributed by atoms with van der Waals surface area (Å²) in [6, 6.07) is 2.86. The van der Waals surface area contributed by atoms with E-state index >= 15 is 0 Å². The summed E-state index contributed by atoms with van der Waals surface area (Å²) in [4.78, 5) is 11.5. The summed E-state index contributed by atoms with van der Waals surface area (Å²) in [7, 11) is 0. The number of hydrogen-bond acceptors (Lipinski definition) is 3. The smallest absolute Gasteiger partial charge is 0.167 e. The van der Waals surface area contributed by atoms with Crippen molar-refractivity contribution in [2.75, 3.05) is 23.2 Å². The highest BCUT2D eigenvalue weighted by molar-refractivity contribution is 6.19. The van der Waals surface area contributed by atoms with Gasteiger partial charge in [0.05, 0.1) is 23.6 Å². The van der Waals surface area contributed by atoms with E-state index in [4.69, 9.17) is 11.6 Å². The van der Waals surface area contributed by atoms with E-state index in [1.54, 1.807) is 0 Å². The third-order valence-electron chi connectivity index (χ3n) is 2.29. The number of ketones is 1. The molecule has 0 atom stereocenters. The minimum atomic E-state index is -0.500. The first-order chi connectivity index (χ1) is 7.22. The fourth-order valence-electron chi connectivity index (χ4n) is 1.53. The summed E-state index contributed by atoms with van der Waals surface area (Å²) in [5, 5.41) is 5.95. The number of carbonyl (C=O) groups excluding carboxylic acids is 1. The molecule has 1 aliphatic rings. The van der Waals surface area contributed by atoms with E-state index < -0.39 is 5.82 Å². The molecule has 1 aliphatic heterocycles. The third kappa shape index (κ3) is 1.90. The van der Waals surface area contributed by atoms with Crippen LogP contribution >= 0.6 is 11.6 Å². The highest BCUT2D eigenvalue weighted by Gasteiger charge is 2.17. The van der Waals surface area contributed by atoms with Crippen molar-refractivity contribution in [2.45, 2.75) is 6.42 Å². The van der Waals surface area contributed by atoms with E-state index in [-0.39, 0.29) is 23.6 Å². The molecular weight excluding hydrogens is 219 g/mol. The van der Waals surface area contributed by atoms with Gasteiger partial charge in [0.2, 0.25) is 0 Å². The van der Waals surface area contributed by atoms with Crippen LogP contribution in [0.2, 0.25) is 0 Å². The second-order valence-electron chi connectivity index (χ2n) is 3.27. The molecule has 0 amide bonds. The van der Waals surface area contributed by atoms with Crippen LogP contribution in [0.3, 0.4) is 0 Å². The van der Waals surface area contributed by atoms with Crippen molar-refractivity contribution in [1.82, 2.24) is 0 Å². The second kappa shape index (κ2) is 4.06. The summed E-state index contributed by atoms with van der Waals surface area (Å²) in [6.07, 6.45) is 0.157. The van der Waals surface area contributed by atoms with Crippen LogP contribution in [0.4, 0.5) is 15.8 Å². The zero-order valence-corrected chi connectivity index (χ0v) is 8.70. The summed E-state index contributed by atoms with van der Waals surface area (Å²) < 4.78 is 13.5. The molecular formula is C10H10ClFN2O. The molecule has 0 spiro atoms. The van der Waals surface area contributed by atoms with Gasteiger partial charge in [-0.2, -0.15) is 0 Å². The van der Waals surface area contributed by atoms with Gasteiger partial charge < -0.3 is 10.6 Å². The molecule has 0 unspecified atom stereocenters. The van der Waals surface area contributed by atoms with Crippen LogP contribution in [0.5, 0.6) is 0 Å². The molecule has 0 bridgehead atoms. The van der Waals surface area contributed by atoms with E-state index in [0.29, 0.717) is 12.4 Å². The summed E-state index contributed by atoms with van der Waals surface area (Å²) in [6.45, 7) is 0.557. The van der Waals surface area contributed by atoms with Gasteiger partial charge in [-0.25, -0.2) is 4.39 Å². The van der Waals surface area contributed by atoms with Gasteiger partial charge in [-0.05, 0) is 12.1 Å². The number of carbonyl (C=O) groups is 1. The van der Waals surface area contributed by atoms with Gasteiger partial charge in [-0.3, -0.25) is 4.79 Å². The van der Waals surface area contributed by atoms with Crippen LogP contribution in [-0.2, 0) is 0 Å². The van der Waals surface area contributed by atoms with E-state index in [9.17, 15) is 9.18 Å². The number of rotatable bonds is 3. The predicted molar refractivity (Wildman–Crippen MR) is 58.2 cm³/mol. The molecule has 15 heavy (non-hydrogen) atoms. The normalized spacial score (nSPS) is 12.9. The molecule has 1 aromatic carbocycles. The van der Waals surface area contributed by atoms with Crippen molar-refractivity contribution in [3.63, 3.8) is 0 Å². The minimum Gasteiger partial charge on any atom is -0.366 e. The third-order valence-corrected chi connectivity index (χ3v) is 2.48. The Morgan fingerprint density at radius 2 is 2.07 bits per heavy atom. The van der Waals surface area contributed by atoms with Gasteiger partial charge in [-0.15, -0.1) is 11.6 Å². The Bertz CT molecular complexity index is 409. The lowest BCUT2D eigenvalue weighted by Gasteiger charge is -2.04. The first-order valence-corrected chi connectivity index (χ1v) is 5.16. The Labute approximate surface area is 91.6 Å². The standard InChI is InChI=1S/C10H10ClFN2O/c11-2-1-10(15)6-3-8-9(4-7(6)12)14-5-13-8/h3-4,13-14H,1-2,5H2. The van der Waals surface area contributed by atoms with E-state index in [1.165, 1.54) is 12.1 Å². The maximum atomic E-state index is 13.5. The maximum Gasteiger partial charge on any atom is 0.167 e. The summed E-state index contributed by atoms with van der Waals surface area (Å²) in [5.74, 6) is -0.555. The van der Waals surface area contributed by atoms with Crippen molar-refractivity contribution in [3.8, 4) is 0 Å². The van der Waals surface area contributed by atoms with Gasteiger partial charge in [0, 0.05) is 12.3 Å². The lowest BCUT2D eigenvalue weighted by atomic mass is 10.1. The van der Waals surface area contributed by atoms with Gasteiger partial charge >= 0.3 is 0 Å². The minimum absolute atomic E-state index is 0.102. The number of anilines is 2. The number of fused-ring (bicyclic) bond motifs is 1. The van der Waals surface area contributed by atoms with Crippen LogP contribution in [0.25, 0.3) is 0 Å². The highest BCUT2D eigenvalue weighted by Crippen LogP contribution is 2.29. The number of halogens is 2. The quantitative estimate of drug-likeness (QED) is 0.617. The first-order valence-electron chi connectivity index (χ1n) is 4.63. The van der Waals surface area contributed by atoms with Crippen molar-refractivity contribution in [3.05, 3.63) is 23.5 Å². The number of benzene rings is 1. The molecule has 5 heteroatoms. The lowest BCUT2D eigenvalue weighted by Crippen LogP contribution is -2.03. The molecule has 0 fully saturated rings. The van der Waals surface area contributed by atoms with Crippen LogP contribution in [0.15, 0.2) is 12.1 Å². The molecule has 3 nitrogen and oxygen atoms in total. The van der Waals surface area contributed by atoms with Crippen LogP contribution in [0.1, 0.15) is 16.8 Å². The molecule has 2 N–H and O–H groups in total. The Morgan fingerprint density at radius 3 is 2.73 bits per heavy atom. The van der Waals surface area contributed by atoms with Crippen LogP contribution < -0.4 is 10.6 Å². The zero-order chi connectivity index (χ0) is 10.8. The second-order valence-corrected chi connectivity index (χ2v) is 3.65. The average molecular weight is 229 g/mol. The molecule has 1 heterocycles. The molecule has 0 aromatic heterocycles. The molecule has 2 rings (SSSR count). The topological polar surface area (TPSA) is 41.1 Å². The molecule has 0 aliphatic carbocycles. The van der Waals surface area contributed by atoms with Crippen molar-refractivity contribution in [2.24, 2.45) is 0 Å². The molecule has 80 valence electrons. The Balaban J connectivity index is 2.36. The lowest BCUT2D eigenvalue weighted by molar-refractivity contribution is 0.0985. The molecule has 0 saturated carbocycles. The molecule has 1 aromatic rings. The first kappa shape index (κ1) is 10.2. The van der Waals surface area contributed by atoms with Gasteiger partial charge in [0.25, 0.3) is 0 Å². The fourth-order valence-corrected chi connectivity index (χ4v) is 1.71. The monoisotopic (exact) mass is 228 g/mol. The van der Waals surface area contributed by atoms with Crippen molar-refractivity contribution >= 4 is 28.8 Å². The fraction of sp³-hybridized carbons (Fsp3) is 0.300. The SMILES string of the molecule is O=C(CCCl)c1cc2c(cc1F)NCN2. The van der Waals surface area contributed by atoms with Crippen molar-refractivity contribution in [1.29, 1.82) is 0 Å². The number of hydrogen-bond donors (Lipinski definition) is 2. The zero-order valence-electron chi connectivity index (χ0n) is 7.94. The summed E-state index contributed by atoms with van der Waals surface area (Å²) >= 11 is 5.44. The Morgan fingerprint density at radius 1 is 1.40 bits per heavy atom. The Hall–Kier alpha value is -1.29.